The molecule has 0 saturated carbocycles. The second-order valence-corrected chi connectivity index (χ2v) is 9.89. The first-order valence-corrected chi connectivity index (χ1v) is 13.0. The Labute approximate surface area is 208 Å². The van der Waals surface area contributed by atoms with E-state index in [4.69, 9.17) is 9.47 Å². The number of fused-ring (bicyclic) bond motifs is 1. The third-order valence-corrected chi connectivity index (χ3v) is 6.37. The lowest BCUT2D eigenvalue weighted by atomic mass is 10.1. The smallest absolute Gasteiger partial charge is 0.264 e. The molecule has 1 aliphatic rings. The number of carbonyl (C=O) groups is 3. The minimum Gasteiger partial charge on any atom is -0.616 e. The van der Waals surface area contributed by atoms with Crippen LogP contribution in [0.3, 0.4) is 0 Å². The van der Waals surface area contributed by atoms with E-state index in [1.165, 1.54) is 13.4 Å². The average molecular weight is 502 g/mol. The number of nitrogens with one attached hydrogen (secondary N) is 1. The molecule has 3 rings (SSSR count). The molecule has 0 bridgehead atoms. The topological polar surface area (TPSA) is 111 Å². The minimum atomic E-state index is -1.32. The van der Waals surface area contributed by atoms with E-state index in [9.17, 15) is 18.9 Å². The first-order chi connectivity index (χ1) is 16.7. The van der Waals surface area contributed by atoms with Gasteiger partial charge >= 0.3 is 0 Å². The number of imide groups is 1. The number of anilines is 1. The Morgan fingerprint density at radius 1 is 1.17 bits per heavy atom. The Morgan fingerprint density at radius 3 is 2.54 bits per heavy atom. The van der Waals surface area contributed by atoms with Crippen molar-refractivity contribution in [3.63, 3.8) is 0 Å². The van der Waals surface area contributed by atoms with Crippen molar-refractivity contribution in [3.05, 3.63) is 53.1 Å². The predicted octanol–water partition coefficient (Wildman–Crippen LogP) is 2.70. The van der Waals surface area contributed by atoms with Crippen molar-refractivity contribution in [2.75, 3.05) is 51.7 Å². The van der Waals surface area contributed by atoms with E-state index in [2.05, 4.69) is 5.32 Å². The van der Waals surface area contributed by atoms with Crippen LogP contribution in [0.15, 0.2) is 36.4 Å². The lowest BCUT2D eigenvalue weighted by Crippen LogP contribution is -2.37. The largest absolute Gasteiger partial charge is 0.616 e. The van der Waals surface area contributed by atoms with Crippen LogP contribution in [0.25, 0.3) is 0 Å². The fraction of sp³-hybridized carbons (Fsp3) is 0.400. The Hall–Kier alpha value is -3.08. The minimum absolute atomic E-state index is 0.0495. The number of methoxy groups -OCH3 is 1. The number of carbonyl (C=O) groups excluding carboxylic acids is 3. The quantitative estimate of drug-likeness (QED) is 0.372. The van der Waals surface area contributed by atoms with Gasteiger partial charge in [-0.25, -0.2) is 0 Å². The Morgan fingerprint density at radius 2 is 1.91 bits per heavy atom. The maximum atomic E-state index is 13.6. The SMILES string of the molecule is CCOc1cc(C(C[S+](C)[O-])N2C(=O)c3cccc(NC(=O)CCN(C)C)c3C2=O)ccc1OC. The number of benzene rings is 2. The molecule has 1 N–H and O–H groups in total. The summed E-state index contributed by atoms with van der Waals surface area (Å²) in [6, 6.07) is 9.12. The highest BCUT2D eigenvalue weighted by Gasteiger charge is 2.43. The molecule has 35 heavy (non-hydrogen) atoms. The van der Waals surface area contributed by atoms with Crippen LogP contribution in [0.1, 0.15) is 45.7 Å². The zero-order valence-corrected chi connectivity index (χ0v) is 21.4. The van der Waals surface area contributed by atoms with Crippen molar-refractivity contribution in [1.82, 2.24) is 9.80 Å². The Kier molecular flexibility index (Phi) is 8.76. The number of nitrogens with zero attached hydrogens (tertiary/aromatic N) is 2. The molecular formula is C25H31N3O6S. The summed E-state index contributed by atoms with van der Waals surface area (Å²) in [5.41, 5.74) is 1.22. The summed E-state index contributed by atoms with van der Waals surface area (Å²) in [6.45, 7) is 2.78. The van der Waals surface area contributed by atoms with E-state index in [0.717, 1.165) is 4.90 Å². The Bertz CT molecular complexity index is 1100. The van der Waals surface area contributed by atoms with Gasteiger partial charge in [0.1, 0.15) is 11.8 Å². The third kappa shape index (κ3) is 5.95. The van der Waals surface area contributed by atoms with Gasteiger partial charge in [-0.1, -0.05) is 23.3 Å². The monoisotopic (exact) mass is 501 g/mol. The molecule has 0 fully saturated rings. The number of rotatable bonds is 11. The van der Waals surface area contributed by atoms with Crippen molar-refractivity contribution in [2.24, 2.45) is 0 Å². The van der Waals surface area contributed by atoms with Crippen LogP contribution in [-0.2, 0) is 16.0 Å². The van der Waals surface area contributed by atoms with Crippen LogP contribution in [0, 0.1) is 0 Å². The van der Waals surface area contributed by atoms with Gasteiger partial charge in [0, 0.05) is 13.0 Å². The maximum absolute atomic E-state index is 13.6. The standard InChI is InChI=1S/C25H31N3O6S/c1-6-34-21-14-16(10-11-20(21)33-4)19(15-35(5)32)28-24(30)17-8-7-9-18(23(17)25(28)31)26-22(29)12-13-27(2)3/h7-11,14,19H,6,12-13,15H2,1-5H3,(H,26,29). The molecule has 1 heterocycles. The first-order valence-electron chi connectivity index (χ1n) is 11.2. The molecule has 188 valence electrons. The van der Waals surface area contributed by atoms with Crippen molar-refractivity contribution < 1.29 is 28.4 Å². The highest BCUT2D eigenvalue weighted by Crippen LogP contribution is 2.38. The van der Waals surface area contributed by atoms with Gasteiger partial charge in [0.15, 0.2) is 11.5 Å². The molecule has 2 unspecified atom stereocenters. The predicted molar refractivity (Wildman–Crippen MR) is 135 cm³/mol. The highest BCUT2D eigenvalue weighted by atomic mass is 32.2. The summed E-state index contributed by atoms with van der Waals surface area (Å²) in [5, 5.41) is 2.77. The molecule has 3 amide bonds. The van der Waals surface area contributed by atoms with Gasteiger partial charge in [-0.2, -0.15) is 0 Å². The van der Waals surface area contributed by atoms with Crippen LogP contribution in [0.2, 0.25) is 0 Å². The first kappa shape index (κ1) is 26.5. The molecular weight excluding hydrogens is 470 g/mol. The van der Waals surface area contributed by atoms with Gasteiger partial charge in [-0.15, -0.1) is 0 Å². The van der Waals surface area contributed by atoms with Crippen molar-refractivity contribution in [3.8, 4) is 11.5 Å². The molecule has 10 heteroatoms. The van der Waals surface area contributed by atoms with Gasteiger partial charge in [0.05, 0.1) is 36.8 Å². The van der Waals surface area contributed by atoms with Crippen LogP contribution < -0.4 is 14.8 Å². The van der Waals surface area contributed by atoms with Gasteiger partial charge in [0.2, 0.25) is 5.91 Å². The molecule has 0 aliphatic carbocycles. The lowest BCUT2D eigenvalue weighted by Gasteiger charge is -2.27. The van der Waals surface area contributed by atoms with Crippen molar-refractivity contribution in [1.29, 1.82) is 0 Å². The summed E-state index contributed by atoms with van der Waals surface area (Å²) in [7, 11) is 5.25. The van der Waals surface area contributed by atoms with Gasteiger partial charge < -0.3 is 24.2 Å². The van der Waals surface area contributed by atoms with Crippen LogP contribution in [-0.4, -0.2) is 78.4 Å². The fourth-order valence-corrected chi connectivity index (χ4v) is 4.73. The van der Waals surface area contributed by atoms with E-state index in [0.29, 0.717) is 30.2 Å². The summed E-state index contributed by atoms with van der Waals surface area (Å²) < 4.78 is 23.3. The summed E-state index contributed by atoms with van der Waals surface area (Å²) in [5.74, 6) is -0.278. The van der Waals surface area contributed by atoms with Crippen LogP contribution >= 0.6 is 0 Å². The van der Waals surface area contributed by atoms with E-state index in [1.807, 2.05) is 25.9 Å². The Balaban J connectivity index is 1.99. The molecule has 9 nitrogen and oxygen atoms in total. The normalized spacial score (nSPS) is 14.7. The number of hydrogen-bond acceptors (Lipinski definition) is 7. The van der Waals surface area contributed by atoms with Gasteiger partial charge in [-0.3, -0.25) is 19.3 Å². The number of amides is 3. The fourth-order valence-electron chi connectivity index (χ4n) is 3.94. The molecule has 2 atom stereocenters. The van der Waals surface area contributed by atoms with Gasteiger partial charge in [0.25, 0.3) is 11.8 Å². The van der Waals surface area contributed by atoms with Crippen molar-refractivity contribution >= 4 is 34.6 Å². The van der Waals surface area contributed by atoms with E-state index >= 15 is 0 Å². The second kappa shape index (κ2) is 11.6. The molecule has 2 aromatic rings. The van der Waals surface area contributed by atoms with E-state index in [1.54, 1.807) is 36.4 Å². The summed E-state index contributed by atoms with van der Waals surface area (Å²) in [6.07, 6.45) is 1.76. The highest BCUT2D eigenvalue weighted by molar-refractivity contribution is 7.90. The molecule has 0 radical (unpaired) electrons. The molecule has 1 aliphatic heterocycles. The molecule has 0 saturated heterocycles. The zero-order valence-electron chi connectivity index (χ0n) is 20.6. The molecule has 2 aromatic carbocycles. The zero-order chi connectivity index (χ0) is 25.7. The second-order valence-electron chi connectivity index (χ2n) is 8.41. The van der Waals surface area contributed by atoms with Crippen LogP contribution in [0.4, 0.5) is 5.69 Å². The van der Waals surface area contributed by atoms with Crippen LogP contribution in [0.5, 0.6) is 11.5 Å². The van der Waals surface area contributed by atoms with Crippen molar-refractivity contribution in [2.45, 2.75) is 19.4 Å². The summed E-state index contributed by atoms with van der Waals surface area (Å²) >= 11 is -1.32. The summed E-state index contributed by atoms with van der Waals surface area (Å²) in [4.78, 5) is 42.5. The average Bonchev–Trinajstić information content (AvgIpc) is 3.07. The van der Waals surface area contributed by atoms with E-state index in [-0.39, 0.29) is 34.9 Å². The number of hydrogen-bond donors (Lipinski definition) is 1. The number of ether oxygens (including phenoxy) is 2. The maximum Gasteiger partial charge on any atom is 0.264 e. The van der Waals surface area contributed by atoms with E-state index < -0.39 is 29.0 Å². The molecule has 0 spiro atoms. The molecule has 0 aromatic heterocycles. The lowest BCUT2D eigenvalue weighted by molar-refractivity contribution is -0.116. The third-order valence-electron chi connectivity index (χ3n) is 5.58. The van der Waals surface area contributed by atoms with Gasteiger partial charge in [-0.05, 0) is 50.8 Å².